The molecule has 0 radical (unpaired) electrons. The second-order valence-electron chi connectivity index (χ2n) is 5.31. The van der Waals surface area contributed by atoms with Crippen LogP contribution in [0.2, 0.25) is 0 Å². The van der Waals surface area contributed by atoms with Gasteiger partial charge in [0, 0.05) is 19.1 Å². The van der Waals surface area contributed by atoms with Gasteiger partial charge in [0.15, 0.2) is 5.82 Å². The maximum atomic E-state index is 13.9. The van der Waals surface area contributed by atoms with E-state index in [-0.39, 0.29) is 11.7 Å². The van der Waals surface area contributed by atoms with Gasteiger partial charge in [-0.15, -0.1) is 0 Å². The molecule has 2 rings (SSSR count). The molecule has 4 heteroatoms. The van der Waals surface area contributed by atoms with E-state index in [1.165, 1.54) is 12.1 Å². The first-order chi connectivity index (χ1) is 9.11. The number of anilines is 1. The first kappa shape index (κ1) is 14.3. The van der Waals surface area contributed by atoms with Gasteiger partial charge in [-0.3, -0.25) is 0 Å². The number of hydrogen-bond donors (Lipinski definition) is 1. The second kappa shape index (κ2) is 6.33. The smallest absolute Gasteiger partial charge is 0.152 e. The predicted octanol–water partition coefficient (Wildman–Crippen LogP) is 3.56. The lowest BCUT2D eigenvalue weighted by Gasteiger charge is -2.32. The molecule has 0 spiro atoms. The van der Waals surface area contributed by atoms with Crippen LogP contribution in [0.3, 0.4) is 0 Å². The molecular weight excluding hydrogens is 246 g/mol. The van der Waals surface area contributed by atoms with Crippen molar-refractivity contribution in [3.8, 4) is 0 Å². The van der Waals surface area contributed by atoms with E-state index in [1.807, 2.05) is 0 Å². The van der Waals surface area contributed by atoms with E-state index in [0.29, 0.717) is 5.56 Å². The lowest BCUT2D eigenvalue weighted by Crippen LogP contribution is -2.39. The molecule has 0 atom stereocenters. The minimum absolute atomic E-state index is 0.0361. The molecule has 0 saturated carbocycles. The second-order valence-corrected chi connectivity index (χ2v) is 5.31. The maximum Gasteiger partial charge on any atom is 0.152 e. The van der Waals surface area contributed by atoms with Crippen LogP contribution in [-0.4, -0.2) is 30.6 Å². The van der Waals surface area contributed by atoms with Crippen molar-refractivity contribution in [2.45, 2.75) is 39.2 Å². The minimum atomic E-state index is -0.501. The van der Waals surface area contributed by atoms with Gasteiger partial charge in [-0.1, -0.05) is 13.0 Å². The fourth-order valence-electron chi connectivity index (χ4n) is 2.61. The zero-order valence-electron chi connectivity index (χ0n) is 11.7. The van der Waals surface area contributed by atoms with Gasteiger partial charge in [0.05, 0.1) is 0 Å². The van der Waals surface area contributed by atoms with E-state index in [1.54, 1.807) is 6.92 Å². The van der Waals surface area contributed by atoms with Gasteiger partial charge in [-0.05, 0) is 44.4 Å². The summed E-state index contributed by atoms with van der Waals surface area (Å²) in [5.74, 6) is -0.963. The molecule has 2 nitrogen and oxygen atoms in total. The summed E-state index contributed by atoms with van der Waals surface area (Å²) in [5, 5.41) is 3.04. The summed E-state index contributed by atoms with van der Waals surface area (Å²) in [6.07, 6.45) is 3.03. The number of rotatable bonds is 4. The fraction of sp³-hybridized carbons (Fsp3) is 0.600. The molecule has 19 heavy (non-hydrogen) atoms. The van der Waals surface area contributed by atoms with Gasteiger partial charge in [-0.2, -0.15) is 0 Å². The van der Waals surface area contributed by atoms with Crippen molar-refractivity contribution in [2.24, 2.45) is 0 Å². The molecule has 1 aliphatic rings. The molecule has 1 aromatic carbocycles. The van der Waals surface area contributed by atoms with Gasteiger partial charge in [0.2, 0.25) is 0 Å². The van der Waals surface area contributed by atoms with Gasteiger partial charge in [-0.25, -0.2) is 8.78 Å². The van der Waals surface area contributed by atoms with E-state index >= 15 is 0 Å². The topological polar surface area (TPSA) is 15.3 Å². The number of nitrogens with zero attached hydrogens (tertiary/aromatic N) is 1. The lowest BCUT2D eigenvalue weighted by atomic mass is 10.0. The molecular formula is C15H22F2N2. The average molecular weight is 268 g/mol. The Kier molecular flexibility index (Phi) is 4.75. The molecule has 0 amide bonds. The Balaban J connectivity index is 1.98. The molecule has 1 fully saturated rings. The summed E-state index contributed by atoms with van der Waals surface area (Å²) in [5.41, 5.74) is 0.515. The molecule has 0 unspecified atom stereocenters. The van der Waals surface area contributed by atoms with Crippen molar-refractivity contribution in [1.29, 1.82) is 0 Å². The van der Waals surface area contributed by atoms with Crippen LogP contribution in [-0.2, 0) is 0 Å². The van der Waals surface area contributed by atoms with Gasteiger partial charge < -0.3 is 10.2 Å². The Labute approximate surface area is 113 Å². The summed E-state index contributed by atoms with van der Waals surface area (Å²) in [6.45, 7) is 6.94. The van der Waals surface area contributed by atoms with Crippen LogP contribution >= 0.6 is 0 Å². The molecule has 1 saturated heterocycles. The van der Waals surface area contributed by atoms with Crippen molar-refractivity contribution in [3.63, 3.8) is 0 Å². The van der Waals surface area contributed by atoms with Crippen molar-refractivity contribution in [2.75, 3.05) is 25.0 Å². The Morgan fingerprint density at radius 1 is 1.26 bits per heavy atom. The summed E-state index contributed by atoms with van der Waals surface area (Å²) < 4.78 is 27.6. The largest absolute Gasteiger partial charge is 0.377 e. The van der Waals surface area contributed by atoms with Crippen molar-refractivity contribution in [1.82, 2.24) is 4.90 Å². The monoisotopic (exact) mass is 268 g/mol. The Bertz CT molecular complexity index is 426. The fourth-order valence-corrected chi connectivity index (χ4v) is 2.61. The number of aryl methyl sites for hydroxylation is 1. The van der Waals surface area contributed by atoms with Crippen LogP contribution in [0, 0.1) is 18.6 Å². The SMILES string of the molecule is CCCN1CCC(Nc2c(F)ccc(C)c2F)CC1. The minimum Gasteiger partial charge on any atom is -0.377 e. The Morgan fingerprint density at radius 3 is 2.58 bits per heavy atom. The maximum absolute atomic E-state index is 13.9. The molecule has 1 aromatic rings. The van der Waals surface area contributed by atoms with Crippen LogP contribution in [0.4, 0.5) is 14.5 Å². The highest BCUT2D eigenvalue weighted by Crippen LogP contribution is 2.24. The van der Waals surface area contributed by atoms with Crippen LogP contribution in [0.15, 0.2) is 12.1 Å². The van der Waals surface area contributed by atoms with Crippen molar-refractivity contribution >= 4 is 5.69 Å². The van der Waals surface area contributed by atoms with E-state index in [9.17, 15) is 8.78 Å². The quantitative estimate of drug-likeness (QED) is 0.898. The number of likely N-dealkylation sites (tertiary alicyclic amines) is 1. The average Bonchev–Trinajstić information content (AvgIpc) is 2.41. The lowest BCUT2D eigenvalue weighted by molar-refractivity contribution is 0.219. The zero-order chi connectivity index (χ0) is 13.8. The van der Waals surface area contributed by atoms with Gasteiger partial charge in [0.25, 0.3) is 0 Å². The number of benzene rings is 1. The highest BCUT2D eigenvalue weighted by atomic mass is 19.1. The number of piperidine rings is 1. The zero-order valence-corrected chi connectivity index (χ0v) is 11.7. The van der Waals surface area contributed by atoms with Gasteiger partial charge in [0.1, 0.15) is 11.5 Å². The van der Waals surface area contributed by atoms with Crippen molar-refractivity contribution < 1.29 is 8.78 Å². The normalized spacial score (nSPS) is 17.7. The highest BCUT2D eigenvalue weighted by Gasteiger charge is 2.21. The third kappa shape index (κ3) is 3.44. The van der Waals surface area contributed by atoms with Crippen LogP contribution in [0.25, 0.3) is 0 Å². The van der Waals surface area contributed by atoms with Crippen LogP contribution in [0.1, 0.15) is 31.7 Å². The highest BCUT2D eigenvalue weighted by molar-refractivity contribution is 5.49. The third-order valence-electron chi connectivity index (χ3n) is 3.76. The summed E-state index contributed by atoms with van der Waals surface area (Å²) in [4.78, 5) is 2.40. The first-order valence-electron chi connectivity index (χ1n) is 7.05. The molecule has 1 aliphatic heterocycles. The number of hydrogen-bond acceptors (Lipinski definition) is 2. The summed E-state index contributed by atoms with van der Waals surface area (Å²) in [7, 11) is 0. The van der Waals surface area contributed by atoms with E-state index in [2.05, 4.69) is 17.1 Å². The van der Waals surface area contributed by atoms with Gasteiger partial charge >= 0.3 is 0 Å². The van der Waals surface area contributed by atoms with E-state index in [4.69, 9.17) is 0 Å². The van der Waals surface area contributed by atoms with Crippen LogP contribution in [0.5, 0.6) is 0 Å². The van der Waals surface area contributed by atoms with E-state index < -0.39 is 11.6 Å². The first-order valence-corrected chi connectivity index (χ1v) is 7.05. The number of halogens is 2. The predicted molar refractivity (Wildman–Crippen MR) is 74.5 cm³/mol. The molecule has 0 aliphatic carbocycles. The Morgan fingerprint density at radius 2 is 1.95 bits per heavy atom. The molecule has 0 aromatic heterocycles. The van der Waals surface area contributed by atoms with E-state index in [0.717, 1.165) is 38.9 Å². The summed E-state index contributed by atoms with van der Waals surface area (Å²) in [6, 6.07) is 2.96. The molecule has 1 N–H and O–H groups in total. The molecule has 1 heterocycles. The Hall–Kier alpha value is -1.16. The molecule has 0 bridgehead atoms. The molecule has 106 valence electrons. The van der Waals surface area contributed by atoms with Crippen molar-refractivity contribution in [3.05, 3.63) is 29.3 Å². The summed E-state index contributed by atoms with van der Waals surface area (Å²) >= 11 is 0. The standard InChI is InChI=1S/C15H22F2N2/c1-3-8-19-9-6-12(7-10-19)18-15-13(16)5-4-11(2)14(15)17/h4-5,12,18H,3,6-10H2,1-2H3. The number of nitrogens with one attached hydrogen (secondary N) is 1. The van der Waals surface area contributed by atoms with Crippen LogP contribution < -0.4 is 5.32 Å². The third-order valence-corrected chi connectivity index (χ3v) is 3.76.